The highest BCUT2D eigenvalue weighted by Gasteiger charge is 2.15. The number of nitrogens with zero attached hydrogens (tertiary/aromatic N) is 3. The average molecular weight is 395 g/mol. The van der Waals surface area contributed by atoms with Crippen LogP contribution in [0.4, 0.5) is 8.78 Å². The first kappa shape index (κ1) is 21.5. The van der Waals surface area contributed by atoms with E-state index in [1.54, 1.807) is 31.3 Å². The molecule has 9 heteroatoms. The lowest BCUT2D eigenvalue weighted by Gasteiger charge is -2.15. The fraction of sp³-hybridized carbons (Fsp3) is 0.474. The van der Waals surface area contributed by atoms with Gasteiger partial charge < -0.3 is 20.1 Å². The van der Waals surface area contributed by atoms with Gasteiger partial charge in [-0.05, 0) is 32.4 Å². The molecule has 0 aliphatic rings. The predicted molar refractivity (Wildman–Crippen MR) is 104 cm³/mol. The van der Waals surface area contributed by atoms with Crippen molar-refractivity contribution in [3.05, 3.63) is 42.2 Å². The lowest BCUT2D eigenvalue weighted by Crippen LogP contribution is -2.38. The van der Waals surface area contributed by atoms with Gasteiger partial charge in [0.2, 0.25) is 0 Å². The van der Waals surface area contributed by atoms with E-state index in [-0.39, 0.29) is 18.0 Å². The SMILES string of the molecule is CCNC(=NCc1cccc(OCC)c1OC(F)F)NCCCn1cccn1. The fourth-order valence-electron chi connectivity index (χ4n) is 2.56. The Balaban J connectivity index is 2.01. The van der Waals surface area contributed by atoms with Crippen LogP contribution in [-0.2, 0) is 13.1 Å². The maximum Gasteiger partial charge on any atom is 0.387 e. The summed E-state index contributed by atoms with van der Waals surface area (Å²) >= 11 is 0. The average Bonchev–Trinajstić information content (AvgIpc) is 3.18. The molecule has 0 spiro atoms. The van der Waals surface area contributed by atoms with Crippen LogP contribution in [0, 0.1) is 0 Å². The molecule has 7 nitrogen and oxygen atoms in total. The quantitative estimate of drug-likeness (QED) is 0.348. The number of hydrogen-bond donors (Lipinski definition) is 2. The van der Waals surface area contributed by atoms with Gasteiger partial charge in [0.05, 0.1) is 13.2 Å². The molecule has 0 fully saturated rings. The van der Waals surface area contributed by atoms with E-state index in [9.17, 15) is 8.78 Å². The van der Waals surface area contributed by atoms with Crippen LogP contribution in [0.1, 0.15) is 25.8 Å². The number of rotatable bonds is 11. The number of halogens is 2. The number of aliphatic imine (C=N–C) groups is 1. The van der Waals surface area contributed by atoms with E-state index in [1.807, 2.05) is 23.9 Å². The molecule has 154 valence electrons. The Hall–Kier alpha value is -2.84. The maximum atomic E-state index is 12.8. The number of alkyl halides is 2. The van der Waals surface area contributed by atoms with Crippen molar-refractivity contribution in [3.8, 4) is 11.5 Å². The molecule has 0 radical (unpaired) electrons. The lowest BCUT2D eigenvalue weighted by molar-refractivity contribution is -0.0520. The number of para-hydroxylation sites is 1. The Morgan fingerprint density at radius 1 is 1.25 bits per heavy atom. The van der Waals surface area contributed by atoms with Crippen LogP contribution < -0.4 is 20.1 Å². The number of guanidine groups is 1. The highest BCUT2D eigenvalue weighted by molar-refractivity contribution is 5.79. The van der Waals surface area contributed by atoms with Crippen molar-refractivity contribution in [3.63, 3.8) is 0 Å². The monoisotopic (exact) mass is 395 g/mol. The summed E-state index contributed by atoms with van der Waals surface area (Å²) in [6.45, 7) is 3.52. The first-order chi connectivity index (χ1) is 13.6. The van der Waals surface area contributed by atoms with Gasteiger partial charge in [-0.1, -0.05) is 12.1 Å². The largest absolute Gasteiger partial charge is 0.490 e. The van der Waals surface area contributed by atoms with E-state index < -0.39 is 6.61 Å². The zero-order valence-corrected chi connectivity index (χ0v) is 16.2. The predicted octanol–water partition coefficient (Wildman–Crippen LogP) is 3.03. The third-order valence-corrected chi connectivity index (χ3v) is 3.73. The highest BCUT2D eigenvalue weighted by atomic mass is 19.3. The number of ether oxygens (including phenoxy) is 2. The lowest BCUT2D eigenvalue weighted by atomic mass is 10.2. The van der Waals surface area contributed by atoms with Crippen LogP contribution in [0.15, 0.2) is 41.7 Å². The second-order valence-electron chi connectivity index (χ2n) is 5.80. The number of aromatic nitrogens is 2. The molecule has 0 aliphatic carbocycles. The smallest absolute Gasteiger partial charge is 0.387 e. The van der Waals surface area contributed by atoms with Crippen molar-refractivity contribution in [1.29, 1.82) is 0 Å². The van der Waals surface area contributed by atoms with Gasteiger partial charge in [-0.2, -0.15) is 13.9 Å². The zero-order valence-electron chi connectivity index (χ0n) is 16.2. The van der Waals surface area contributed by atoms with Gasteiger partial charge in [-0.15, -0.1) is 0 Å². The molecule has 2 aromatic rings. The molecule has 1 heterocycles. The first-order valence-electron chi connectivity index (χ1n) is 9.33. The summed E-state index contributed by atoms with van der Waals surface area (Å²) in [5.74, 6) is 0.915. The molecule has 0 amide bonds. The van der Waals surface area contributed by atoms with Crippen molar-refractivity contribution in [2.24, 2.45) is 4.99 Å². The summed E-state index contributed by atoms with van der Waals surface area (Å²) < 4.78 is 37.6. The van der Waals surface area contributed by atoms with Crippen LogP contribution >= 0.6 is 0 Å². The van der Waals surface area contributed by atoms with Crippen molar-refractivity contribution >= 4 is 5.96 Å². The van der Waals surface area contributed by atoms with Gasteiger partial charge in [0.15, 0.2) is 17.5 Å². The standard InChI is InChI=1S/C19H27F2N5O2/c1-3-22-19(23-10-6-12-26-13-7-11-25-26)24-14-15-8-5-9-16(27-4-2)17(15)28-18(20)21/h5,7-9,11,13,18H,3-4,6,10,12,14H2,1-2H3,(H2,22,23,24). The maximum absolute atomic E-state index is 12.8. The molecule has 0 bridgehead atoms. The summed E-state index contributed by atoms with van der Waals surface area (Å²) in [6.07, 6.45) is 4.52. The number of hydrogen-bond acceptors (Lipinski definition) is 4. The number of benzene rings is 1. The van der Waals surface area contributed by atoms with Crippen molar-refractivity contribution in [1.82, 2.24) is 20.4 Å². The minimum absolute atomic E-state index is 0.0256. The van der Waals surface area contributed by atoms with Crippen LogP contribution in [0.3, 0.4) is 0 Å². The Bertz CT molecular complexity index is 723. The molecular formula is C19H27F2N5O2. The van der Waals surface area contributed by atoms with E-state index in [0.717, 1.165) is 13.0 Å². The molecule has 2 N–H and O–H groups in total. The van der Waals surface area contributed by atoms with E-state index in [1.165, 1.54) is 0 Å². The molecule has 2 rings (SSSR count). The second-order valence-corrected chi connectivity index (χ2v) is 5.80. The van der Waals surface area contributed by atoms with E-state index >= 15 is 0 Å². The summed E-state index contributed by atoms with van der Waals surface area (Å²) in [7, 11) is 0. The van der Waals surface area contributed by atoms with Crippen molar-refractivity contribution < 1.29 is 18.3 Å². The van der Waals surface area contributed by atoms with Crippen molar-refractivity contribution in [2.45, 2.75) is 40.0 Å². The van der Waals surface area contributed by atoms with Gasteiger partial charge in [0.25, 0.3) is 0 Å². The number of nitrogens with one attached hydrogen (secondary N) is 2. The molecule has 0 unspecified atom stereocenters. The molecule has 0 saturated carbocycles. The first-order valence-corrected chi connectivity index (χ1v) is 9.33. The molecule has 28 heavy (non-hydrogen) atoms. The molecule has 1 aromatic carbocycles. The molecule has 1 aromatic heterocycles. The van der Waals surface area contributed by atoms with Gasteiger partial charge in [0.1, 0.15) is 0 Å². The van der Waals surface area contributed by atoms with Crippen molar-refractivity contribution in [2.75, 3.05) is 19.7 Å². The van der Waals surface area contributed by atoms with Gasteiger partial charge >= 0.3 is 6.61 Å². The minimum atomic E-state index is -2.93. The summed E-state index contributed by atoms with van der Waals surface area (Å²) in [6, 6.07) is 6.92. The van der Waals surface area contributed by atoms with Crippen LogP contribution in [0.2, 0.25) is 0 Å². The molecule has 0 aliphatic heterocycles. The molecular weight excluding hydrogens is 368 g/mol. The highest BCUT2D eigenvalue weighted by Crippen LogP contribution is 2.33. The topological polar surface area (TPSA) is 72.7 Å². The summed E-state index contributed by atoms with van der Waals surface area (Å²) in [5, 5.41) is 10.5. The summed E-state index contributed by atoms with van der Waals surface area (Å²) in [4.78, 5) is 4.48. The van der Waals surface area contributed by atoms with E-state index in [4.69, 9.17) is 4.74 Å². The Morgan fingerprint density at radius 2 is 2.11 bits per heavy atom. The van der Waals surface area contributed by atoms with E-state index in [2.05, 4.69) is 25.5 Å². The minimum Gasteiger partial charge on any atom is -0.490 e. The second kappa shape index (κ2) is 11.8. The summed E-state index contributed by atoms with van der Waals surface area (Å²) in [5.41, 5.74) is 0.528. The van der Waals surface area contributed by atoms with Gasteiger partial charge in [0, 0.05) is 37.6 Å². The van der Waals surface area contributed by atoms with Crippen LogP contribution in [-0.4, -0.2) is 42.0 Å². The van der Waals surface area contributed by atoms with Gasteiger partial charge in [-0.3, -0.25) is 4.68 Å². The molecule has 0 saturated heterocycles. The Morgan fingerprint density at radius 3 is 2.79 bits per heavy atom. The Kier molecular flexibility index (Phi) is 9.03. The number of aryl methyl sites for hydroxylation is 1. The zero-order chi connectivity index (χ0) is 20.2. The Labute approximate surface area is 163 Å². The third kappa shape index (κ3) is 7.05. The molecule has 0 atom stereocenters. The van der Waals surface area contributed by atoms with Crippen LogP contribution in [0.25, 0.3) is 0 Å². The van der Waals surface area contributed by atoms with Gasteiger partial charge in [-0.25, -0.2) is 4.99 Å². The van der Waals surface area contributed by atoms with E-state index in [0.29, 0.717) is 31.2 Å². The normalized spacial score (nSPS) is 11.5. The van der Waals surface area contributed by atoms with Crippen LogP contribution in [0.5, 0.6) is 11.5 Å². The third-order valence-electron chi connectivity index (χ3n) is 3.73. The fourth-order valence-corrected chi connectivity index (χ4v) is 2.56.